The van der Waals surface area contributed by atoms with E-state index in [0.29, 0.717) is 45.5 Å². The van der Waals surface area contributed by atoms with E-state index in [1.165, 1.54) is 0 Å². The number of anilines is 1. The molecule has 0 bridgehead atoms. The van der Waals surface area contributed by atoms with Crippen LogP contribution < -0.4 is 10.2 Å². The highest BCUT2D eigenvalue weighted by molar-refractivity contribution is 6.00. The summed E-state index contributed by atoms with van der Waals surface area (Å²) in [4.78, 5) is 35.3. The second-order valence-electron chi connectivity index (χ2n) is 10.5. The van der Waals surface area contributed by atoms with Gasteiger partial charge in [0.1, 0.15) is 11.6 Å². The van der Waals surface area contributed by atoms with Crippen LogP contribution in [-0.2, 0) is 27.4 Å². The van der Waals surface area contributed by atoms with Crippen molar-refractivity contribution in [2.24, 2.45) is 0 Å². The molecule has 1 atom stereocenters. The third-order valence-electron chi connectivity index (χ3n) is 8.20. The van der Waals surface area contributed by atoms with E-state index in [0.717, 1.165) is 27.7 Å². The molecule has 2 fully saturated rings. The van der Waals surface area contributed by atoms with Gasteiger partial charge in [0.2, 0.25) is 11.8 Å². The molecule has 1 spiro atoms. The minimum absolute atomic E-state index is 0.0596. The lowest BCUT2D eigenvalue weighted by Crippen LogP contribution is -2.73. The summed E-state index contributed by atoms with van der Waals surface area (Å²) in [6.45, 7) is 2.45. The standard InChI is InChI=1S/C32H34N4O3/c37-30-29(23-39-22-24-9-3-1-4-10-24)34-31(38)32(16-19-35(20-17-32)26-11-5-2-6-12-26)36(30)18-15-25-21-33-28-14-8-7-13-27(25)28/h1-14,21,29,33H,15-20,22-23H2,(H,34,38). The van der Waals surface area contributed by atoms with Gasteiger partial charge in [-0.15, -0.1) is 0 Å². The molecule has 0 radical (unpaired) electrons. The first-order valence-corrected chi connectivity index (χ1v) is 13.7. The smallest absolute Gasteiger partial charge is 0.248 e. The van der Waals surface area contributed by atoms with Gasteiger partial charge in [-0.3, -0.25) is 9.59 Å². The van der Waals surface area contributed by atoms with Gasteiger partial charge in [-0.1, -0.05) is 66.7 Å². The van der Waals surface area contributed by atoms with Crippen molar-refractivity contribution in [2.75, 3.05) is 31.1 Å². The minimum atomic E-state index is -0.857. The average molecular weight is 523 g/mol. The topological polar surface area (TPSA) is 77.7 Å². The Balaban J connectivity index is 1.21. The summed E-state index contributed by atoms with van der Waals surface area (Å²) in [5.74, 6) is -0.127. The van der Waals surface area contributed by atoms with Crippen LogP contribution >= 0.6 is 0 Å². The number of amides is 2. The molecule has 0 saturated carbocycles. The fourth-order valence-electron chi connectivity index (χ4n) is 6.02. The highest BCUT2D eigenvalue weighted by atomic mass is 16.5. The maximum absolute atomic E-state index is 14.0. The quantitative estimate of drug-likeness (QED) is 0.362. The number of H-pyrrole nitrogens is 1. The predicted octanol–water partition coefficient (Wildman–Crippen LogP) is 4.29. The Labute approximate surface area is 228 Å². The second-order valence-corrected chi connectivity index (χ2v) is 10.5. The third kappa shape index (κ3) is 5.02. The number of carbonyl (C=O) groups is 2. The van der Waals surface area contributed by atoms with Gasteiger partial charge in [0, 0.05) is 42.4 Å². The number of nitrogens with one attached hydrogen (secondary N) is 2. The van der Waals surface area contributed by atoms with Crippen molar-refractivity contribution >= 4 is 28.4 Å². The molecular weight excluding hydrogens is 488 g/mol. The normalized spacial score (nSPS) is 19.0. The fourth-order valence-corrected chi connectivity index (χ4v) is 6.02. The average Bonchev–Trinajstić information content (AvgIpc) is 3.40. The molecule has 200 valence electrons. The summed E-state index contributed by atoms with van der Waals surface area (Å²) in [6.07, 6.45) is 3.87. The Bertz CT molecular complexity index is 1430. The van der Waals surface area contributed by atoms with Crippen LogP contribution in [0.3, 0.4) is 0 Å². The van der Waals surface area contributed by atoms with Crippen molar-refractivity contribution in [3.63, 3.8) is 0 Å². The van der Waals surface area contributed by atoms with Crippen molar-refractivity contribution in [2.45, 2.75) is 37.5 Å². The predicted molar refractivity (Wildman–Crippen MR) is 152 cm³/mol. The van der Waals surface area contributed by atoms with Crippen LogP contribution in [0.1, 0.15) is 24.0 Å². The zero-order valence-corrected chi connectivity index (χ0v) is 22.0. The number of aromatic amines is 1. The van der Waals surface area contributed by atoms with Gasteiger partial charge in [0.15, 0.2) is 0 Å². The molecule has 2 amide bonds. The Morgan fingerprint density at radius 1 is 0.872 bits per heavy atom. The lowest BCUT2D eigenvalue weighted by atomic mass is 9.81. The van der Waals surface area contributed by atoms with Crippen LogP contribution in [0.4, 0.5) is 5.69 Å². The van der Waals surface area contributed by atoms with Gasteiger partial charge in [0.25, 0.3) is 0 Å². The minimum Gasteiger partial charge on any atom is -0.374 e. The summed E-state index contributed by atoms with van der Waals surface area (Å²) in [5.41, 5.74) is 3.55. The maximum atomic E-state index is 14.0. The Morgan fingerprint density at radius 3 is 2.33 bits per heavy atom. The van der Waals surface area contributed by atoms with E-state index < -0.39 is 11.6 Å². The lowest BCUT2D eigenvalue weighted by molar-refractivity contribution is -0.161. The zero-order chi connectivity index (χ0) is 26.7. The molecule has 0 aliphatic carbocycles. The molecule has 1 aromatic heterocycles. The summed E-state index contributed by atoms with van der Waals surface area (Å²) in [5, 5.41) is 4.20. The number of benzene rings is 3. The van der Waals surface area contributed by atoms with E-state index in [4.69, 9.17) is 4.74 Å². The van der Waals surface area contributed by atoms with Crippen LogP contribution in [-0.4, -0.2) is 59.5 Å². The van der Waals surface area contributed by atoms with Crippen molar-refractivity contribution in [1.82, 2.24) is 15.2 Å². The van der Waals surface area contributed by atoms with E-state index in [9.17, 15) is 9.59 Å². The summed E-state index contributed by atoms with van der Waals surface area (Å²) < 4.78 is 5.91. The number of fused-ring (bicyclic) bond motifs is 1. The number of hydrogen-bond donors (Lipinski definition) is 2. The van der Waals surface area contributed by atoms with Crippen LogP contribution in [0, 0.1) is 0 Å². The molecule has 2 aliphatic rings. The lowest BCUT2D eigenvalue weighted by Gasteiger charge is -2.52. The molecular formula is C32H34N4O3. The number of para-hydroxylation sites is 2. The van der Waals surface area contributed by atoms with E-state index >= 15 is 0 Å². The van der Waals surface area contributed by atoms with Gasteiger partial charge in [-0.05, 0) is 48.6 Å². The number of aromatic nitrogens is 1. The van der Waals surface area contributed by atoms with Crippen LogP contribution in [0.15, 0.2) is 91.1 Å². The molecule has 1 unspecified atom stereocenters. The third-order valence-corrected chi connectivity index (χ3v) is 8.20. The number of nitrogens with zero attached hydrogens (tertiary/aromatic N) is 2. The highest BCUT2D eigenvalue weighted by Gasteiger charge is 2.53. The SMILES string of the molecule is O=C1C(COCc2ccccc2)NC(=O)C2(CCN(c3ccccc3)CC2)N1CCc1c[nH]c2ccccc12. The van der Waals surface area contributed by atoms with E-state index in [2.05, 4.69) is 39.5 Å². The van der Waals surface area contributed by atoms with Crippen molar-refractivity contribution in [1.29, 1.82) is 0 Å². The number of rotatable bonds is 8. The Hall–Kier alpha value is -4.10. The fraction of sp³-hybridized carbons (Fsp3) is 0.312. The van der Waals surface area contributed by atoms with Gasteiger partial charge in [-0.2, -0.15) is 0 Å². The van der Waals surface area contributed by atoms with E-state index in [-0.39, 0.29) is 18.4 Å². The molecule has 7 heteroatoms. The maximum Gasteiger partial charge on any atom is 0.248 e. The van der Waals surface area contributed by atoms with Gasteiger partial charge >= 0.3 is 0 Å². The first-order chi connectivity index (χ1) is 19.1. The molecule has 2 saturated heterocycles. The van der Waals surface area contributed by atoms with Gasteiger partial charge < -0.3 is 24.8 Å². The van der Waals surface area contributed by atoms with Gasteiger partial charge in [0.05, 0.1) is 13.2 Å². The first kappa shape index (κ1) is 25.2. The summed E-state index contributed by atoms with van der Waals surface area (Å²) in [6, 6.07) is 27.6. The number of hydrogen-bond acceptors (Lipinski definition) is 4. The van der Waals surface area contributed by atoms with Crippen molar-refractivity contribution in [3.8, 4) is 0 Å². The molecule has 39 heavy (non-hydrogen) atoms. The monoisotopic (exact) mass is 522 g/mol. The zero-order valence-electron chi connectivity index (χ0n) is 22.0. The Kier molecular flexibility index (Phi) is 7.07. The van der Waals surface area contributed by atoms with Crippen molar-refractivity contribution < 1.29 is 14.3 Å². The first-order valence-electron chi connectivity index (χ1n) is 13.7. The molecule has 7 nitrogen and oxygen atoms in total. The van der Waals surface area contributed by atoms with Crippen LogP contribution in [0.2, 0.25) is 0 Å². The largest absolute Gasteiger partial charge is 0.374 e. The van der Waals surface area contributed by atoms with E-state index in [1.54, 1.807) is 0 Å². The molecule has 3 heterocycles. The Morgan fingerprint density at radius 2 is 1.56 bits per heavy atom. The number of carbonyl (C=O) groups excluding carboxylic acids is 2. The molecule has 6 rings (SSSR count). The van der Waals surface area contributed by atoms with Gasteiger partial charge in [-0.25, -0.2) is 0 Å². The van der Waals surface area contributed by atoms with Crippen molar-refractivity contribution in [3.05, 3.63) is 102 Å². The molecule has 2 N–H and O–H groups in total. The number of ether oxygens (including phenoxy) is 1. The number of piperidine rings is 1. The summed E-state index contributed by atoms with van der Waals surface area (Å²) >= 11 is 0. The molecule has 4 aromatic rings. The second kappa shape index (κ2) is 10.9. The highest BCUT2D eigenvalue weighted by Crippen LogP contribution is 2.35. The number of piperazine rings is 1. The summed E-state index contributed by atoms with van der Waals surface area (Å²) in [7, 11) is 0. The van der Waals surface area contributed by atoms with Crippen LogP contribution in [0.25, 0.3) is 10.9 Å². The molecule has 3 aromatic carbocycles. The van der Waals surface area contributed by atoms with E-state index in [1.807, 2.05) is 71.8 Å². The molecule has 2 aliphatic heterocycles. The van der Waals surface area contributed by atoms with Crippen LogP contribution in [0.5, 0.6) is 0 Å².